The van der Waals surface area contributed by atoms with Crippen molar-refractivity contribution in [2.24, 2.45) is 63.5 Å². The van der Waals surface area contributed by atoms with Crippen LogP contribution in [0.5, 0.6) is 0 Å². The molecule has 0 aromatic carbocycles. The molecule has 6 N–H and O–H groups in total. The number of nitrogens with two attached hydrogens (primary N) is 3. The van der Waals surface area contributed by atoms with Gasteiger partial charge in [0.1, 0.15) is 0 Å². The van der Waals surface area contributed by atoms with Crippen molar-refractivity contribution in [1.82, 2.24) is 0 Å². The molecule has 11 atom stereocenters. The Kier molecular flexibility index (Phi) is 14.1. The molecule has 0 bridgehead atoms. The molecule has 0 aromatic rings. The van der Waals surface area contributed by atoms with E-state index < -0.39 is 0 Å². The third kappa shape index (κ3) is 8.00. The van der Waals surface area contributed by atoms with Crippen molar-refractivity contribution in [1.29, 1.82) is 0 Å². The van der Waals surface area contributed by atoms with Gasteiger partial charge in [-0.3, -0.25) is 0 Å². The molecule has 0 aromatic heterocycles. The Hall–Kier alpha value is -0.280. The van der Waals surface area contributed by atoms with E-state index in [1.807, 2.05) is 0 Å². The molecule has 43 heavy (non-hydrogen) atoms. The third-order valence-electron chi connectivity index (χ3n) is 12.8. The first-order chi connectivity index (χ1) is 20.8. The maximum atomic E-state index is 6.97. The normalized spacial score (nSPS) is 39.7. The smallest absolute Gasteiger partial charge is 0.0637 e. The van der Waals surface area contributed by atoms with Crippen LogP contribution in [0, 0.1) is 46.3 Å². The average molecular weight is 608 g/mol. The van der Waals surface area contributed by atoms with Crippen LogP contribution in [0.25, 0.3) is 0 Å². The lowest BCUT2D eigenvalue weighted by Crippen LogP contribution is -2.63. The van der Waals surface area contributed by atoms with Crippen molar-refractivity contribution in [2.45, 2.75) is 129 Å². The second-order valence-corrected chi connectivity index (χ2v) is 15.2. The summed E-state index contributed by atoms with van der Waals surface area (Å²) in [6.07, 6.45) is 15.8. The summed E-state index contributed by atoms with van der Waals surface area (Å²) in [5.41, 5.74) is 18.1. The van der Waals surface area contributed by atoms with Gasteiger partial charge in [0.05, 0.1) is 18.3 Å². The molecule has 0 heterocycles. The quantitative estimate of drug-likeness (QED) is 0.156. The summed E-state index contributed by atoms with van der Waals surface area (Å²) < 4.78 is 26.1. The Morgan fingerprint density at radius 2 is 1.44 bits per heavy atom. The molecular weight excluding hydrogens is 538 g/mol. The summed E-state index contributed by atoms with van der Waals surface area (Å²) in [4.78, 5) is 0. The molecule has 0 aliphatic heterocycles. The van der Waals surface area contributed by atoms with E-state index in [0.29, 0.717) is 72.8 Å². The van der Waals surface area contributed by atoms with Crippen LogP contribution in [0.4, 0.5) is 0 Å². The SMILES string of the molecule is CCCOCCC[C@@H](C)[C@H]1CC[C@H]2C3[C@H](OCCCN)CC4C[C@H](OCCCN)CCC4(C)[C@H]3C[C@H](OCCCN)C12C. The number of ether oxygens (including phenoxy) is 4. The highest BCUT2D eigenvalue weighted by atomic mass is 16.5. The summed E-state index contributed by atoms with van der Waals surface area (Å²) in [5, 5.41) is 0. The van der Waals surface area contributed by atoms with E-state index in [4.69, 9.17) is 36.1 Å². The van der Waals surface area contributed by atoms with E-state index >= 15 is 0 Å². The van der Waals surface area contributed by atoms with Gasteiger partial charge in [-0.1, -0.05) is 27.7 Å². The lowest BCUT2D eigenvalue weighted by atomic mass is 9.43. The first-order valence-electron chi connectivity index (χ1n) is 18.4. The summed E-state index contributed by atoms with van der Waals surface area (Å²) in [5.74, 6) is 3.82. The van der Waals surface area contributed by atoms with Crippen LogP contribution in [0.1, 0.15) is 111 Å². The first kappa shape index (κ1) is 35.6. The molecule has 4 rings (SSSR count). The Morgan fingerprint density at radius 1 is 0.744 bits per heavy atom. The van der Waals surface area contributed by atoms with Crippen molar-refractivity contribution in [3.63, 3.8) is 0 Å². The zero-order valence-electron chi connectivity index (χ0n) is 28.4. The van der Waals surface area contributed by atoms with E-state index in [0.717, 1.165) is 78.0 Å². The Balaban J connectivity index is 1.59. The summed E-state index contributed by atoms with van der Waals surface area (Å²) in [6.45, 7) is 16.2. The molecular formula is C36H69N3O4. The maximum absolute atomic E-state index is 6.97. The van der Waals surface area contributed by atoms with E-state index in [1.165, 1.54) is 38.5 Å². The van der Waals surface area contributed by atoms with Crippen LogP contribution in [-0.2, 0) is 18.9 Å². The van der Waals surface area contributed by atoms with Gasteiger partial charge in [-0.05, 0) is 144 Å². The van der Waals surface area contributed by atoms with Crippen molar-refractivity contribution >= 4 is 0 Å². The van der Waals surface area contributed by atoms with Crippen LogP contribution in [-0.4, -0.2) is 71.0 Å². The number of fused-ring (bicyclic) bond motifs is 5. The third-order valence-corrected chi connectivity index (χ3v) is 12.8. The minimum Gasteiger partial charge on any atom is -0.381 e. The molecule has 4 saturated carbocycles. The van der Waals surface area contributed by atoms with Crippen LogP contribution in [0.3, 0.4) is 0 Å². The summed E-state index contributed by atoms with van der Waals surface area (Å²) in [6, 6.07) is 0. The zero-order valence-corrected chi connectivity index (χ0v) is 28.4. The first-order valence-corrected chi connectivity index (χ1v) is 18.4. The number of hydrogen-bond acceptors (Lipinski definition) is 7. The second kappa shape index (κ2) is 17.0. The minimum atomic E-state index is 0.167. The standard InChI is InChI=1S/C36H69N3O4/c1-5-18-40-19-6-10-26(2)29-11-12-30-34-31(25-33(36(29,30)4)43-22-9-17-39)35(3)14-13-28(41-20-7-15-37)23-27(35)24-32(34)42-21-8-16-38/h26-34H,5-25,37-39H2,1-4H3/t26-,27?,28-,29-,30+,31+,32-,33+,34?,35?,36?/m1/s1. The van der Waals surface area contributed by atoms with E-state index in [2.05, 4.69) is 27.7 Å². The number of rotatable bonds is 19. The van der Waals surface area contributed by atoms with Gasteiger partial charge in [0.25, 0.3) is 0 Å². The predicted octanol–water partition coefficient (Wildman–Crippen LogP) is 5.91. The highest BCUT2D eigenvalue weighted by Crippen LogP contribution is 2.69. The van der Waals surface area contributed by atoms with Crippen LogP contribution in [0.15, 0.2) is 0 Å². The van der Waals surface area contributed by atoms with Gasteiger partial charge >= 0.3 is 0 Å². The second-order valence-electron chi connectivity index (χ2n) is 15.2. The number of hydrogen-bond donors (Lipinski definition) is 3. The van der Waals surface area contributed by atoms with Gasteiger partial charge in [-0.25, -0.2) is 0 Å². The average Bonchev–Trinajstić information content (AvgIpc) is 3.36. The monoisotopic (exact) mass is 608 g/mol. The molecule has 0 radical (unpaired) electrons. The van der Waals surface area contributed by atoms with Gasteiger partial charge in [0, 0.05) is 38.4 Å². The van der Waals surface area contributed by atoms with Crippen molar-refractivity contribution in [2.75, 3.05) is 52.7 Å². The fourth-order valence-corrected chi connectivity index (χ4v) is 10.6. The molecule has 7 heteroatoms. The van der Waals surface area contributed by atoms with Crippen molar-refractivity contribution in [3.05, 3.63) is 0 Å². The van der Waals surface area contributed by atoms with Gasteiger partial charge in [0.2, 0.25) is 0 Å². The summed E-state index contributed by atoms with van der Waals surface area (Å²) in [7, 11) is 0. The summed E-state index contributed by atoms with van der Waals surface area (Å²) >= 11 is 0. The van der Waals surface area contributed by atoms with Crippen LogP contribution < -0.4 is 17.2 Å². The lowest BCUT2D eigenvalue weighted by molar-refractivity contribution is -0.227. The molecule has 4 aliphatic carbocycles. The van der Waals surface area contributed by atoms with Gasteiger partial charge < -0.3 is 36.1 Å². The van der Waals surface area contributed by atoms with Gasteiger partial charge in [-0.15, -0.1) is 0 Å². The largest absolute Gasteiger partial charge is 0.381 e. The molecule has 0 spiro atoms. The molecule has 0 saturated heterocycles. The van der Waals surface area contributed by atoms with Crippen molar-refractivity contribution < 1.29 is 18.9 Å². The topological polar surface area (TPSA) is 115 Å². The molecule has 4 unspecified atom stereocenters. The fraction of sp³-hybridized carbons (Fsp3) is 1.00. The predicted molar refractivity (Wildman–Crippen MR) is 176 cm³/mol. The highest BCUT2D eigenvalue weighted by Gasteiger charge is 2.66. The minimum absolute atomic E-state index is 0.167. The fourth-order valence-electron chi connectivity index (χ4n) is 10.6. The molecule has 0 amide bonds. The van der Waals surface area contributed by atoms with Crippen LogP contribution >= 0.6 is 0 Å². The van der Waals surface area contributed by atoms with E-state index in [9.17, 15) is 0 Å². The Morgan fingerprint density at radius 3 is 2.14 bits per heavy atom. The van der Waals surface area contributed by atoms with Crippen LogP contribution in [0.2, 0.25) is 0 Å². The highest BCUT2D eigenvalue weighted by molar-refractivity contribution is 5.15. The molecule has 252 valence electrons. The maximum Gasteiger partial charge on any atom is 0.0637 e. The zero-order chi connectivity index (χ0) is 30.9. The van der Waals surface area contributed by atoms with Gasteiger partial charge in [0.15, 0.2) is 0 Å². The molecule has 7 nitrogen and oxygen atoms in total. The van der Waals surface area contributed by atoms with E-state index in [1.54, 1.807) is 0 Å². The lowest BCUT2D eigenvalue weighted by Gasteiger charge is -2.65. The van der Waals surface area contributed by atoms with Gasteiger partial charge in [-0.2, -0.15) is 0 Å². The Labute approximate surface area is 264 Å². The molecule has 4 fully saturated rings. The Bertz CT molecular complexity index is 802. The van der Waals surface area contributed by atoms with Crippen molar-refractivity contribution in [3.8, 4) is 0 Å². The molecule has 4 aliphatic rings. The van der Waals surface area contributed by atoms with E-state index in [-0.39, 0.29) is 11.5 Å².